The number of rotatable bonds is 6. The van der Waals surface area contributed by atoms with Crippen LogP contribution >= 0.6 is 24.0 Å². The van der Waals surface area contributed by atoms with Crippen LogP contribution in [0.4, 0.5) is 0 Å². The number of hydrogen-bond acceptors (Lipinski definition) is 7. The van der Waals surface area contributed by atoms with Gasteiger partial charge in [0.15, 0.2) is 5.82 Å². The topological polar surface area (TPSA) is 85.3 Å². The van der Waals surface area contributed by atoms with Crippen molar-refractivity contribution in [2.75, 3.05) is 26.0 Å². The summed E-state index contributed by atoms with van der Waals surface area (Å²) in [5.41, 5.74) is 6.39. The molecule has 21 heavy (non-hydrogen) atoms. The van der Waals surface area contributed by atoms with Crippen LogP contribution in [0.2, 0.25) is 0 Å². The molecule has 0 saturated heterocycles. The van der Waals surface area contributed by atoms with Crippen molar-refractivity contribution in [3.05, 3.63) is 11.5 Å². The molecule has 8 heteroatoms. The predicted octanol–water partition coefficient (Wildman–Crippen LogP) is 0.909. The zero-order valence-electron chi connectivity index (χ0n) is 12.7. The monoisotopic (exact) mass is 332 g/mol. The third kappa shape index (κ3) is 4.57. The number of nitrogens with two attached hydrogens (primary N) is 1. The molecule has 1 heterocycles. The van der Waals surface area contributed by atoms with Crippen molar-refractivity contribution in [1.82, 2.24) is 9.80 Å². The molecular weight excluding hydrogens is 308 g/mol. The molecule has 0 aromatic carbocycles. The number of thioether (sulfide) groups is 1. The molecule has 1 unspecified atom stereocenters. The maximum absolute atomic E-state index is 10.2. The van der Waals surface area contributed by atoms with Crippen LogP contribution in [0.1, 0.15) is 26.7 Å². The van der Waals surface area contributed by atoms with Crippen LogP contribution in [-0.2, 0) is 0 Å². The standard InChI is InChI=1S/C13H24N4O2S2/c1-4-5-8-21-9(2)15-11-10(14)12(20)16(3)13(19)17(11)6-7-18/h13,18-19H,4-8,14H2,1-3H3. The minimum atomic E-state index is -0.968. The number of β-amino-alcohol motifs (C(OH)–C–C–N with tert-alkyl or cyclic N) is 1. The largest absolute Gasteiger partial charge is 0.395 e. The van der Waals surface area contributed by atoms with Gasteiger partial charge in [-0.3, -0.25) is 0 Å². The number of likely N-dealkylation sites (N-methyl/N-ethyl adjacent to an activating group) is 1. The second kappa shape index (κ2) is 8.57. The first-order valence-corrected chi connectivity index (χ1v) is 8.34. The SMILES string of the molecule is CCCCSC(C)=NC1=C(N)C(=S)N(C)C(O)N1CCO. The van der Waals surface area contributed by atoms with E-state index in [0.717, 1.165) is 23.6 Å². The van der Waals surface area contributed by atoms with Gasteiger partial charge in [0.25, 0.3) is 0 Å². The Balaban J connectivity index is 3.02. The van der Waals surface area contributed by atoms with E-state index in [1.165, 1.54) is 4.90 Å². The minimum Gasteiger partial charge on any atom is -0.395 e. The lowest BCUT2D eigenvalue weighted by Crippen LogP contribution is -2.54. The van der Waals surface area contributed by atoms with E-state index in [1.54, 1.807) is 23.7 Å². The van der Waals surface area contributed by atoms with Gasteiger partial charge in [0.1, 0.15) is 10.7 Å². The van der Waals surface area contributed by atoms with E-state index < -0.39 is 6.35 Å². The fraction of sp³-hybridized carbons (Fsp3) is 0.692. The molecule has 0 spiro atoms. The number of aliphatic hydroxyl groups excluding tert-OH is 2. The maximum Gasteiger partial charge on any atom is 0.209 e. The second-order valence-electron chi connectivity index (χ2n) is 4.75. The Morgan fingerprint density at radius 1 is 1.52 bits per heavy atom. The van der Waals surface area contributed by atoms with Gasteiger partial charge in [-0.1, -0.05) is 25.6 Å². The Kier molecular flexibility index (Phi) is 7.44. The first kappa shape index (κ1) is 18.2. The Morgan fingerprint density at radius 2 is 2.19 bits per heavy atom. The van der Waals surface area contributed by atoms with Crippen LogP contribution in [0.15, 0.2) is 16.5 Å². The van der Waals surface area contributed by atoms with Gasteiger partial charge >= 0.3 is 0 Å². The Bertz CT molecular complexity index is 440. The van der Waals surface area contributed by atoms with E-state index >= 15 is 0 Å². The van der Waals surface area contributed by atoms with Crippen molar-refractivity contribution >= 4 is 34.0 Å². The van der Waals surface area contributed by atoms with E-state index in [0.29, 0.717) is 16.5 Å². The van der Waals surface area contributed by atoms with Crippen LogP contribution in [0.5, 0.6) is 0 Å². The highest BCUT2D eigenvalue weighted by molar-refractivity contribution is 8.13. The zero-order valence-corrected chi connectivity index (χ0v) is 14.4. The maximum atomic E-state index is 10.2. The van der Waals surface area contributed by atoms with Crippen LogP contribution in [0.3, 0.4) is 0 Å². The summed E-state index contributed by atoms with van der Waals surface area (Å²) in [4.78, 5) is 7.90. The van der Waals surface area contributed by atoms with Gasteiger partial charge < -0.3 is 25.7 Å². The van der Waals surface area contributed by atoms with Gasteiger partial charge in [-0.05, 0) is 19.1 Å². The predicted molar refractivity (Wildman–Crippen MR) is 91.8 cm³/mol. The number of nitrogens with zero attached hydrogens (tertiary/aromatic N) is 3. The summed E-state index contributed by atoms with van der Waals surface area (Å²) in [6.45, 7) is 4.18. The third-order valence-corrected chi connectivity index (χ3v) is 4.61. The lowest BCUT2D eigenvalue weighted by Gasteiger charge is -2.41. The van der Waals surface area contributed by atoms with Crippen molar-refractivity contribution < 1.29 is 10.2 Å². The van der Waals surface area contributed by atoms with Gasteiger partial charge in [-0.25, -0.2) is 4.99 Å². The summed E-state index contributed by atoms with van der Waals surface area (Å²) < 4.78 is 0. The number of aliphatic hydroxyl groups is 2. The molecule has 0 aromatic rings. The van der Waals surface area contributed by atoms with Crippen molar-refractivity contribution in [3.63, 3.8) is 0 Å². The average molecular weight is 332 g/mol. The molecular formula is C13H24N4O2S2. The molecule has 1 rings (SSSR count). The Labute approximate surface area is 135 Å². The van der Waals surface area contributed by atoms with Gasteiger partial charge in [0, 0.05) is 13.6 Å². The summed E-state index contributed by atoms with van der Waals surface area (Å²) in [5.74, 6) is 1.42. The van der Waals surface area contributed by atoms with Gasteiger partial charge in [0.05, 0.1) is 11.7 Å². The fourth-order valence-electron chi connectivity index (χ4n) is 1.86. The van der Waals surface area contributed by atoms with Gasteiger partial charge in [-0.2, -0.15) is 0 Å². The van der Waals surface area contributed by atoms with Crippen LogP contribution in [0.25, 0.3) is 0 Å². The molecule has 0 bridgehead atoms. The number of thiocarbonyl (C=S) groups is 1. The van der Waals surface area contributed by atoms with Crippen molar-refractivity contribution in [1.29, 1.82) is 0 Å². The molecule has 6 nitrogen and oxygen atoms in total. The van der Waals surface area contributed by atoms with E-state index in [-0.39, 0.29) is 13.2 Å². The normalized spacial score (nSPS) is 20.5. The first-order valence-electron chi connectivity index (χ1n) is 6.94. The minimum absolute atomic E-state index is 0.105. The average Bonchev–Trinajstić information content (AvgIpc) is 2.46. The molecule has 0 aliphatic carbocycles. The Hall–Kier alpha value is -0.830. The number of unbranched alkanes of at least 4 members (excludes halogenated alkanes) is 1. The molecule has 0 fully saturated rings. The molecule has 0 saturated carbocycles. The Morgan fingerprint density at radius 3 is 2.76 bits per heavy atom. The highest BCUT2D eigenvalue weighted by atomic mass is 32.2. The van der Waals surface area contributed by atoms with Crippen molar-refractivity contribution in [2.24, 2.45) is 10.7 Å². The van der Waals surface area contributed by atoms with Crippen LogP contribution in [0, 0.1) is 0 Å². The quantitative estimate of drug-likeness (QED) is 0.288. The molecule has 0 radical (unpaired) electrons. The fourth-order valence-corrected chi connectivity index (χ4v) is 2.93. The smallest absolute Gasteiger partial charge is 0.209 e. The number of hydrogen-bond donors (Lipinski definition) is 3. The first-order chi connectivity index (χ1) is 9.93. The molecule has 4 N–H and O–H groups in total. The van der Waals surface area contributed by atoms with Crippen molar-refractivity contribution in [3.8, 4) is 0 Å². The molecule has 0 aromatic heterocycles. The highest BCUT2D eigenvalue weighted by Crippen LogP contribution is 2.23. The van der Waals surface area contributed by atoms with Crippen molar-refractivity contribution in [2.45, 2.75) is 33.0 Å². The van der Waals surface area contributed by atoms with E-state index in [9.17, 15) is 10.2 Å². The van der Waals surface area contributed by atoms with E-state index in [2.05, 4.69) is 11.9 Å². The lowest BCUT2D eigenvalue weighted by atomic mass is 10.3. The van der Waals surface area contributed by atoms with E-state index in [1.807, 2.05) is 6.92 Å². The molecule has 1 aliphatic rings. The zero-order chi connectivity index (χ0) is 16.0. The van der Waals surface area contributed by atoms with Crippen LogP contribution in [-0.4, -0.2) is 62.3 Å². The lowest BCUT2D eigenvalue weighted by molar-refractivity contribution is -0.0621. The summed E-state index contributed by atoms with van der Waals surface area (Å²) in [7, 11) is 1.66. The molecule has 1 aliphatic heterocycles. The number of aliphatic imine (C=N–C) groups is 1. The summed E-state index contributed by atoms with van der Waals surface area (Å²) in [5, 5.41) is 20.3. The summed E-state index contributed by atoms with van der Waals surface area (Å²) >= 11 is 6.87. The highest BCUT2D eigenvalue weighted by Gasteiger charge is 2.32. The molecule has 1 atom stereocenters. The second-order valence-corrected chi connectivity index (χ2v) is 6.42. The van der Waals surface area contributed by atoms with Gasteiger partial charge in [0.2, 0.25) is 6.35 Å². The molecule has 120 valence electrons. The summed E-state index contributed by atoms with van der Waals surface area (Å²) in [6, 6.07) is 0. The summed E-state index contributed by atoms with van der Waals surface area (Å²) in [6.07, 6.45) is 1.29. The third-order valence-electron chi connectivity index (χ3n) is 3.10. The van der Waals surface area contributed by atoms with Gasteiger partial charge in [-0.15, -0.1) is 11.8 Å². The van der Waals surface area contributed by atoms with Crippen LogP contribution < -0.4 is 5.73 Å². The molecule has 0 amide bonds. The van der Waals surface area contributed by atoms with E-state index in [4.69, 9.17) is 18.0 Å².